The van der Waals surface area contributed by atoms with Gasteiger partial charge >= 0.3 is 6.18 Å². The van der Waals surface area contributed by atoms with Crippen LogP contribution in [0, 0.1) is 34.4 Å². The van der Waals surface area contributed by atoms with Crippen LogP contribution in [0.1, 0.15) is 35.6 Å². The van der Waals surface area contributed by atoms with Gasteiger partial charge in [-0.2, -0.15) is 23.7 Å². The molecule has 3 atom stereocenters. The van der Waals surface area contributed by atoms with E-state index in [2.05, 4.69) is 5.32 Å². The smallest absolute Gasteiger partial charge is 0.298 e. The van der Waals surface area contributed by atoms with Gasteiger partial charge in [-0.1, -0.05) is 42.5 Å². The number of ketones is 1. The molecule has 3 aromatic rings. The van der Waals surface area contributed by atoms with Gasteiger partial charge < -0.3 is 0 Å². The standard InChI is InChI=1S/C30H25Cl2F4N3O3S/c1-43(41,42)24-10-8-21(9-11-24)20-4-6-22(7-5-20)29(30(34,35)36)39-26(15-28(31)32)27(40)14-19(17-38)12-23-3-2-18(16-37)13-25(23)33/h2-11,13,19,26,28-29,39H,12,14-15H2,1H3/t19-,26+,29+/m1/s1. The quantitative estimate of drug-likeness (QED) is 0.169. The highest BCUT2D eigenvalue weighted by atomic mass is 35.5. The van der Waals surface area contributed by atoms with Crippen LogP contribution in [0.2, 0.25) is 0 Å². The number of carbonyl (C=O) groups is 1. The number of nitriles is 2. The van der Waals surface area contributed by atoms with E-state index in [0.717, 1.165) is 12.3 Å². The average molecular weight is 655 g/mol. The molecule has 3 aromatic carbocycles. The topological polar surface area (TPSA) is 111 Å². The first-order chi connectivity index (χ1) is 20.1. The summed E-state index contributed by atoms with van der Waals surface area (Å²) >= 11 is 11.7. The molecule has 0 radical (unpaired) electrons. The van der Waals surface area contributed by atoms with E-state index in [1.807, 2.05) is 6.07 Å². The van der Waals surface area contributed by atoms with Crippen molar-refractivity contribution >= 4 is 38.8 Å². The predicted molar refractivity (Wildman–Crippen MR) is 154 cm³/mol. The number of nitrogens with zero attached hydrogens (tertiary/aromatic N) is 2. The molecule has 0 bridgehead atoms. The molecule has 43 heavy (non-hydrogen) atoms. The maximum atomic E-state index is 14.4. The number of hydrogen-bond acceptors (Lipinski definition) is 6. The summed E-state index contributed by atoms with van der Waals surface area (Å²) in [4.78, 5) is 12.1. The van der Waals surface area contributed by atoms with Crippen molar-refractivity contribution in [2.75, 3.05) is 6.26 Å². The summed E-state index contributed by atoms with van der Waals surface area (Å²) in [5.41, 5.74) is 1.05. The van der Waals surface area contributed by atoms with E-state index < -0.39 is 56.9 Å². The number of alkyl halides is 5. The van der Waals surface area contributed by atoms with E-state index in [1.54, 1.807) is 6.07 Å². The first-order valence-corrected chi connectivity index (χ1v) is 15.5. The Morgan fingerprint density at radius 3 is 2.02 bits per heavy atom. The highest BCUT2D eigenvalue weighted by molar-refractivity contribution is 7.90. The molecule has 13 heteroatoms. The summed E-state index contributed by atoms with van der Waals surface area (Å²) < 4.78 is 80.5. The number of sulfone groups is 1. The number of benzene rings is 3. The third-order valence-corrected chi connectivity index (χ3v) is 8.12. The molecular formula is C30H25Cl2F4N3O3S. The largest absolute Gasteiger partial charge is 0.407 e. The Bertz CT molecular complexity index is 1630. The van der Waals surface area contributed by atoms with Gasteiger partial charge in [0.2, 0.25) is 0 Å². The fourth-order valence-electron chi connectivity index (χ4n) is 4.41. The number of Topliss-reactive ketones (excluding diaryl/α,β-unsaturated/α-hetero) is 1. The van der Waals surface area contributed by atoms with Crippen molar-refractivity contribution < 1.29 is 30.8 Å². The molecule has 0 amide bonds. The number of carbonyl (C=O) groups excluding carboxylic acids is 1. The Morgan fingerprint density at radius 1 is 0.977 bits per heavy atom. The summed E-state index contributed by atoms with van der Waals surface area (Å²) in [6.07, 6.45) is -4.87. The van der Waals surface area contributed by atoms with Crippen molar-refractivity contribution in [1.29, 1.82) is 10.5 Å². The summed E-state index contributed by atoms with van der Waals surface area (Å²) in [6, 6.07) is 14.8. The molecule has 0 heterocycles. The van der Waals surface area contributed by atoms with Gasteiger partial charge in [0.05, 0.1) is 34.6 Å². The van der Waals surface area contributed by atoms with Crippen LogP contribution in [0.15, 0.2) is 71.6 Å². The van der Waals surface area contributed by atoms with Crippen LogP contribution < -0.4 is 5.32 Å². The summed E-state index contributed by atoms with van der Waals surface area (Å²) in [6.45, 7) is 0. The van der Waals surface area contributed by atoms with Crippen LogP contribution in [0.4, 0.5) is 17.6 Å². The van der Waals surface area contributed by atoms with Gasteiger partial charge in [0, 0.05) is 12.7 Å². The zero-order chi connectivity index (χ0) is 31.9. The zero-order valence-corrected chi connectivity index (χ0v) is 24.9. The minimum absolute atomic E-state index is 0.0708. The van der Waals surface area contributed by atoms with E-state index in [0.29, 0.717) is 11.1 Å². The first kappa shape index (κ1) is 34.0. The van der Waals surface area contributed by atoms with Gasteiger partial charge in [0.25, 0.3) is 0 Å². The van der Waals surface area contributed by atoms with E-state index in [-0.39, 0.29) is 34.4 Å². The van der Waals surface area contributed by atoms with Crippen molar-refractivity contribution in [2.24, 2.45) is 5.92 Å². The third-order valence-electron chi connectivity index (χ3n) is 6.64. The van der Waals surface area contributed by atoms with E-state index >= 15 is 0 Å². The highest BCUT2D eigenvalue weighted by Crippen LogP contribution is 2.35. The fraction of sp³-hybridized carbons (Fsp3) is 0.300. The molecule has 1 N–H and O–H groups in total. The maximum Gasteiger partial charge on any atom is 0.407 e. The predicted octanol–water partition coefficient (Wildman–Crippen LogP) is 6.86. The first-order valence-electron chi connectivity index (χ1n) is 12.7. The molecule has 0 aliphatic rings. The average Bonchev–Trinajstić information content (AvgIpc) is 2.94. The molecule has 0 fully saturated rings. The summed E-state index contributed by atoms with van der Waals surface area (Å²) in [5.74, 6) is -2.57. The minimum atomic E-state index is -4.84. The van der Waals surface area contributed by atoms with Crippen LogP contribution in [0.3, 0.4) is 0 Å². The van der Waals surface area contributed by atoms with Crippen molar-refractivity contribution in [3.63, 3.8) is 0 Å². The second-order valence-corrected chi connectivity index (χ2v) is 13.2. The highest BCUT2D eigenvalue weighted by Gasteiger charge is 2.43. The molecule has 0 aliphatic heterocycles. The Kier molecular flexibility index (Phi) is 11.3. The zero-order valence-electron chi connectivity index (χ0n) is 22.6. The van der Waals surface area contributed by atoms with Crippen molar-refractivity contribution in [1.82, 2.24) is 5.32 Å². The molecule has 6 nitrogen and oxygen atoms in total. The molecular weight excluding hydrogens is 629 g/mol. The van der Waals surface area contributed by atoms with E-state index in [9.17, 15) is 36.0 Å². The molecule has 3 rings (SSSR count). The molecule has 0 aliphatic carbocycles. The molecule has 0 spiro atoms. The number of rotatable bonds is 12. The normalized spacial score (nSPS) is 14.0. The van der Waals surface area contributed by atoms with Gasteiger partial charge in [0.1, 0.15) is 16.7 Å². The lowest BCUT2D eigenvalue weighted by Crippen LogP contribution is -2.46. The Hall–Kier alpha value is -3.48. The molecule has 226 valence electrons. The lowest BCUT2D eigenvalue weighted by atomic mass is 9.91. The third kappa shape index (κ3) is 9.50. The Balaban J connectivity index is 1.82. The van der Waals surface area contributed by atoms with Crippen LogP contribution in [-0.2, 0) is 21.1 Å². The number of nitrogens with one attached hydrogen (secondary N) is 1. The number of hydrogen-bond donors (Lipinski definition) is 1. The van der Waals surface area contributed by atoms with Crippen LogP contribution >= 0.6 is 23.2 Å². The van der Waals surface area contributed by atoms with Gasteiger partial charge in [-0.3, -0.25) is 10.1 Å². The molecule has 0 saturated heterocycles. The molecule has 0 saturated carbocycles. The van der Waals surface area contributed by atoms with E-state index in [1.165, 1.54) is 60.7 Å². The van der Waals surface area contributed by atoms with Crippen molar-refractivity contribution in [3.05, 3.63) is 89.2 Å². The maximum absolute atomic E-state index is 14.4. The van der Waals surface area contributed by atoms with Crippen LogP contribution in [0.25, 0.3) is 11.1 Å². The van der Waals surface area contributed by atoms with E-state index in [4.69, 9.17) is 28.5 Å². The van der Waals surface area contributed by atoms with Gasteiger partial charge in [-0.25, -0.2) is 12.8 Å². The lowest BCUT2D eigenvalue weighted by Gasteiger charge is -2.28. The Labute approximate surface area is 256 Å². The SMILES string of the molecule is CS(=O)(=O)c1ccc(-c2ccc([C@H](N[C@@H](CC(Cl)Cl)C(=O)C[C@H](C#N)Cc3ccc(C#N)cc3F)C(F)(F)F)cc2)cc1. The van der Waals surface area contributed by atoms with Gasteiger partial charge in [-0.15, -0.1) is 23.2 Å². The van der Waals surface area contributed by atoms with Crippen molar-refractivity contribution in [3.8, 4) is 23.3 Å². The second kappa shape index (κ2) is 14.3. The minimum Gasteiger partial charge on any atom is -0.298 e. The van der Waals surface area contributed by atoms with Crippen LogP contribution in [-0.4, -0.2) is 37.5 Å². The summed E-state index contributed by atoms with van der Waals surface area (Å²) in [5, 5.41) is 20.8. The fourth-order valence-corrected chi connectivity index (χ4v) is 5.40. The monoisotopic (exact) mass is 653 g/mol. The summed E-state index contributed by atoms with van der Waals surface area (Å²) in [7, 11) is -3.42. The Morgan fingerprint density at radius 2 is 1.56 bits per heavy atom. The van der Waals surface area contributed by atoms with Crippen LogP contribution in [0.5, 0.6) is 0 Å². The number of halogens is 6. The molecule has 0 aromatic heterocycles. The second-order valence-electron chi connectivity index (χ2n) is 9.86. The van der Waals surface area contributed by atoms with Crippen molar-refractivity contribution in [2.45, 2.75) is 47.3 Å². The lowest BCUT2D eigenvalue weighted by molar-refractivity contribution is -0.160. The van der Waals surface area contributed by atoms with Gasteiger partial charge in [0.15, 0.2) is 15.6 Å². The van der Waals surface area contributed by atoms with Gasteiger partial charge in [-0.05, 0) is 59.4 Å². The molecule has 0 unspecified atom stereocenters.